The van der Waals surface area contributed by atoms with E-state index in [2.05, 4.69) is 29.8 Å². The minimum atomic E-state index is -3.15. The van der Waals surface area contributed by atoms with Crippen LogP contribution < -0.4 is 11.1 Å². The van der Waals surface area contributed by atoms with E-state index < -0.39 is 24.9 Å². The van der Waals surface area contributed by atoms with Crippen LogP contribution in [0.1, 0.15) is 0 Å². The molecule has 3 radical (unpaired) electrons. The van der Waals surface area contributed by atoms with Crippen LogP contribution in [0, 0.1) is 18.8 Å². The van der Waals surface area contributed by atoms with E-state index in [9.17, 15) is 16.8 Å². The van der Waals surface area contributed by atoms with Crippen molar-refractivity contribution in [3.05, 3.63) is 18.8 Å². The van der Waals surface area contributed by atoms with E-state index in [1.165, 1.54) is 18.8 Å². The molecule has 14 heteroatoms. The Morgan fingerprint density at radius 3 is 1.23 bits per heavy atom. The number of sulfone groups is 2. The number of nitrogens with two attached hydrogens (primary N) is 1. The molecule has 0 aliphatic rings. The molecule has 0 saturated heterocycles. The zero-order valence-electron chi connectivity index (χ0n) is 12.7. The van der Waals surface area contributed by atoms with Gasteiger partial charge in [0.05, 0.1) is 11.1 Å². The second-order valence-electron chi connectivity index (χ2n) is 2.41. The van der Waals surface area contributed by atoms with Crippen molar-refractivity contribution < 1.29 is 115 Å². The molecule has 0 amide bonds. The summed E-state index contributed by atoms with van der Waals surface area (Å²) in [6.07, 6.45) is 8.99. The van der Waals surface area contributed by atoms with E-state index in [-0.39, 0.29) is 104 Å². The van der Waals surface area contributed by atoms with Crippen molar-refractivity contribution in [2.24, 2.45) is 5.73 Å². The Hall–Kier alpha value is 4.06. The summed E-state index contributed by atoms with van der Waals surface area (Å²) in [6, 6.07) is 0. The number of rotatable bonds is 4. The first-order valence-electron chi connectivity index (χ1n) is 4.36. The van der Waals surface area contributed by atoms with Gasteiger partial charge in [-0.3, -0.25) is 23.1 Å². The van der Waals surface area contributed by atoms with Crippen LogP contribution in [-0.2, 0) is 118 Å². The Kier molecular flexibility index (Phi) is 67.0. The zero-order valence-corrected chi connectivity index (χ0v) is 25.1. The topological polar surface area (TPSA) is 106 Å². The number of hydrogen-bond donors (Lipinski definition) is 2. The van der Waals surface area contributed by atoms with Gasteiger partial charge >= 0.3 is 0 Å². The molecule has 0 spiro atoms. The average Bonchev–Trinajstić information content (AvgIpc) is 2.30. The van der Waals surface area contributed by atoms with Crippen molar-refractivity contribution >= 4 is 54.6 Å². The molecule has 6 nitrogen and oxygen atoms in total. The molecule has 0 heterocycles. The van der Waals surface area contributed by atoms with Gasteiger partial charge in [-0.2, -0.15) is 0 Å². The Morgan fingerprint density at radius 2 is 1.23 bits per heavy atom. The fourth-order valence-corrected chi connectivity index (χ4v) is 0.660. The molecular formula is C8H21Cl2N2O4S3Y3-3. The van der Waals surface area contributed by atoms with Gasteiger partial charge in [0.15, 0.2) is 0 Å². The van der Waals surface area contributed by atoms with Crippen molar-refractivity contribution in [2.75, 3.05) is 30.4 Å². The maximum atomic E-state index is 10.1. The molecule has 0 fully saturated rings. The third-order valence-corrected chi connectivity index (χ3v) is 3.28. The van der Waals surface area contributed by atoms with Crippen LogP contribution in [0.4, 0.5) is 0 Å². The fraction of sp³-hybridized carbons (Fsp3) is 0.625. The molecule has 0 aliphatic carbocycles. The predicted octanol–water partition coefficient (Wildman–Crippen LogP) is 1.03. The van der Waals surface area contributed by atoms with Crippen LogP contribution in [0.25, 0.3) is 0 Å². The maximum Gasteiger partial charge on any atom is 0.0955 e. The zero-order chi connectivity index (χ0) is 16.5. The van der Waals surface area contributed by atoms with Crippen molar-refractivity contribution in [3.63, 3.8) is 0 Å². The normalized spacial score (nSPS) is 8.55. The molecule has 0 aliphatic heterocycles. The SMILES string of the molecule is CN.[CH2-]S(=O)(=O)CCl.[CH2-]S(=O)(=O)CNC.[CH2-]SCCl.[Y].[Y].[Y]. The summed E-state index contributed by atoms with van der Waals surface area (Å²) in [6.45, 7) is 0. The summed E-state index contributed by atoms with van der Waals surface area (Å²) in [5.41, 5.74) is 4.50. The molecule has 0 bridgehead atoms. The molecule has 0 atom stereocenters. The van der Waals surface area contributed by atoms with Crippen molar-refractivity contribution in [1.29, 1.82) is 0 Å². The van der Waals surface area contributed by atoms with E-state index in [4.69, 9.17) is 23.2 Å². The number of nitrogens with one attached hydrogen (secondary N) is 1. The molecular weight excluding hydrogens is 622 g/mol. The molecule has 0 rings (SSSR count). The van der Waals surface area contributed by atoms with E-state index in [1.54, 1.807) is 7.05 Å². The van der Waals surface area contributed by atoms with Crippen LogP contribution in [0.3, 0.4) is 0 Å². The van der Waals surface area contributed by atoms with Gasteiger partial charge in [0.2, 0.25) is 0 Å². The fourth-order valence-electron chi connectivity index (χ4n) is 0.220. The van der Waals surface area contributed by atoms with Crippen LogP contribution in [0.15, 0.2) is 0 Å². The Balaban J connectivity index is -0.0000000279. The van der Waals surface area contributed by atoms with Gasteiger partial charge in [0, 0.05) is 123 Å². The van der Waals surface area contributed by atoms with Gasteiger partial charge < -0.3 is 22.8 Å². The summed E-state index contributed by atoms with van der Waals surface area (Å²) in [5.74, 6) is -0.0486. The standard InChI is InChI=1S/C3H8NO2S.C2H4ClO2S.C2H4ClS.CH5N.3Y/c1-4-3-7(2,5)6;1-6(4,5)2-3;1-4-2-3;1-2;;;/h4H,2-3H2,1H3;1-2H2;1-2H2;2H2,1H3;;;/q3*-1;;;;. The van der Waals surface area contributed by atoms with Crippen molar-refractivity contribution in [1.82, 2.24) is 5.32 Å². The third-order valence-electron chi connectivity index (χ3n) is 0.608. The van der Waals surface area contributed by atoms with Gasteiger partial charge in [-0.15, -0.1) is 23.2 Å². The minimum Gasteiger partial charge on any atom is -0.339 e. The van der Waals surface area contributed by atoms with Crippen molar-refractivity contribution in [2.45, 2.75) is 0 Å². The van der Waals surface area contributed by atoms with Gasteiger partial charge in [0.25, 0.3) is 0 Å². The summed E-state index contributed by atoms with van der Waals surface area (Å²) in [7, 11) is -3.12. The molecule has 22 heavy (non-hydrogen) atoms. The van der Waals surface area contributed by atoms with Crippen molar-refractivity contribution in [3.8, 4) is 0 Å². The summed E-state index contributed by atoms with van der Waals surface area (Å²) >= 11 is 11.3. The Labute approximate surface area is 225 Å². The maximum absolute atomic E-state index is 10.1. The minimum absolute atomic E-state index is 0. The summed E-state index contributed by atoms with van der Waals surface area (Å²) in [5, 5.41) is 2.66. The molecule has 0 aromatic rings. The van der Waals surface area contributed by atoms with Gasteiger partial charge in [-0.05, 0) is 14.1 Å². The largest absolute Gasteiger partial charge is 0.339 e. The summed E-state index contributed by atoms with van der Waals surface area (Å²) in [4.78, 5) is 0. The van der Waals surface area contributed by atoms with Gasteiger partial charge in [-0.25, -0.2) is 12.5 Å². The third kappa shape index (κ3) is 88.0. The smallest absolute Gasteiger partial charge is 0.0955 e. The number of alkyl halides is 2. The van der Waals surface area contributed by atoms with Crippen LogP contribution in [-0.4, -0.2) is 47.2 Å². The molecule has 3 N–H and O–H groups in total. The average molecular weight is 643 g/mol. The number of hydrogen-bond acceptors (Lipinski definition) is 7. The molecule has 0 saturated carbocycles. The molecule has 131 valence electrons. The molecule has 0 unspecified atom stereocenters. The molecule has 0 aromatic heterocycles. The number of thioether (sulfide) groups is 1. The van der Waals surface area contributed by atoms with Gasteiger partial charge in [-0.1, -0.05) is 0 Å². The second kappa shape index (κ2) is 32.7. The Morgan fingerprint density at radius 1 is 1.00 bits per heavy atom. The quantitative estimate of drug-likeness (QED) is 0.349. The van der Waals surface area contributed by atoms with Crippen LogP contribution in [0.2, 0.25) is 0 Å². The van der Waals surface area contributed by atoms with E-state index >= 15 is 0 Å². The Bertz CT molecular complexity index is 358. The van der Waals surface area contributed by atoms with E-state index in [0.29, 0.717) is 5.21 Å². The van der Waals surface area contributed by atoms with Crippen LogP contribution >= 0.6 is 35.0 Å². The summed E-state index contributed by atoms with van der Waals surface area (Å²) < 4.78 is 39.6. The van der Waals surface area contributed by atoms with Crippen LogP contribution in [0.5, 0.6) is 0 Å². The van der Waals surface area contributed by atoms with E-state index in [0.717, 1.165) is 0 Å². The monoisotopic (exact) mass is 642 g/mol. The first-order chi connectivity index (χ1) is 8.54. The van der Waals surface area contributed by atoms with Gasteiger partial charge in [0.1, 0.15) is 0 Å². The first-order valence-corrected chi connectivity index (χ1v) is 10.2. The van der Waals surface area contributed by atoms with E-state index in [1.807, 2.05) is 0 Å². The number of halogens is 2. The second-order valence-corrected chi connectivity index (χ2v) is 7.82. The first kappa shape index (κ1) is 45.1. The molecule has 0 aromatic carbocycles. The predicted molar refractivity (Wildman–Crippen MR) is 87.0 cm³/mol.